The molecule has 0 fully saturated rings. The minimum absolute atomic E-state index is 0.190. The molecule has 1 unspecified atom stereocenters. The quantitative estimate of drug-likeness (QED) is 0.116. The third kappa shape index (κ3) is 5.15. The van der Waals surface area contributed by atoms with Crippen molar-refractivity contribution in [3.05, 3.63) is 179 Å². The van der Waals surface area contributed by atoms with Gasteiger partial charge in [0.1, 0.15) is 6.54 Å². The number of allylic oxidation sites excluding steroid dienone is 5. The first-order valence-corrected chi connectivity index (χ1v) is 17.4. The highest BCUT2D eigenvalue weighted by atomic mass is 15.2. The van der Waals surface area contributed by atoms with E-state index >= 15 is 0 Å². The number of nitrogens with zero attached hydrogens (tertiary/aromatic N) is 2. The molecule has 1 atom stereocenters. The maximum absolute atomic E-state index is 4.21. The van der Waals surface area contributed by atoms with Crippen LogP contribution < -0.4 is 4.90 Å². The number of rotatable bonds is 9. The molecule has 2 heterocycles. The van der Waals surface area contributed by atoms with Crippen LogP contribution in [0.5, 0.6) is 0 Å². The molecular weight excluding hydrogens is 581 g/mol. The number of likely N-dealkylation sites (N-methyl/N-ethyl adjacent to an activating group) is 1. The van der Waals surface area contributed by atoms with E-state index in [0.717, 1.165) is 25.8 Å². The fourth-order valence-electron chi connectivity index (χ4n) is 8.62. The minimum atomic E-state index is -0.229. The Kier molecular flexibility index (Phi) is 8.29. The number of aryl methyl sites for hydroxylation is 2. The number of fused-ring (bicyclic) bond motifs is 4. The zero-order valence-electron chi connectivity index (χ0n) is 29.1. The number of hydrogen-bond donors (Lipinski definition) is 0. The summed E-state index contributed by atoms with van der Waals surface area (Å²) >= 11 is 0. The summed E-state index contributed by atoms with van der Waals surface area (Å²) < 4.78 is 2.58. The lowest BCUT2D eigenvalue weighted by Gasteiger charge is -2.29. The van der Waals surface area contributed by atoms with E-state index in [9.17, 15) is 0 Å². The molecule has 5 aromatic rings. The molecule has 0 amide bonds. The molecule has 48 heavy (non-hydrogen) atoms. The SMILES string of the molecule is C=CCC1(C)/C(=C\C=C\C2=[N+](CC)c3cc(C)c(C)cc3C2(Cc2ccccc2)Cc2ccccc2)N(C)c2ccc3ccccc3c21. The maximum Gasteiger partial charge on any atom is 0.210 e. The first-order chi connectivity index (χ1) is 23.3. The second-order valence-electron chi connectivity index (χ2n) is 14.0. The predicted molar refractivity (Wildman–Crippen MR) is 205 cm³/mol. The lowest BCUT2D eigenvalue weighted by atomic mass is 9.68. The zero-order chi connectivity index (χ0) is 33.5. The smallest absolute Gasteiger partial charge is 0.210 e. The van der Waals surface area contributed by atoms with E-state index in [1.807, 2.05) is 0 Å². The second kappa shape index (κ2) is 12.6. The number of hydrogen-bond acceptors (Lipinski definition) is 1. The molecular formula is C46H47N2+. The number of benzene rings is 5. The molecule has 240 valence electrons. The first-order valence-electron chi connectivity index (χ1n) is 17.4. The fourth-order valence-corrected chi connectivity index (χ4v) is 8.62. The largest absolute Gasteiger partial charge is 0.347 e. The maximum atomic E-state index is 4.21. The van der Waals surface area contributed by atoms with Crippen LogP contribution in [0.15, 0.2) is 146 Å². The lowest BCUT2D eigenvalue weighted by Crippen LogP contribution is -2.39. The standard InChI is InChI=1S/C46H47N2/c1-7-28-45(5)42(47(6)40-27-26-37-22-15-16-23-38(37)44(40)45)24-17-25-43-46(31-35-18-11-9-12-19-35,32-36-20-13-10-14-21-36)39-29-33(3)34(4)30-41(39)48(43)8-2/h7,9-27,29-30H,1,8,28,31-32H2,2-6H3/q+1. The monoisotopic (exact) mass is 627 g/mol. The van der Waals surface area contributed by atoms with Crippen LogP contribution in [0.2, 0.25) is 0 Å². The summed E-state index contributed by atoms with van der Waals surface area (Å²) in [5.41, 5.74) is 13.1. The van der Waals surface area contributed by atoms with Gasteiger partial charge in [0.05, 0.1) is 5.41 Å². The van der Waals surface area contributed by atoms with Crippen molar-refractivity contribution in [3.8, 4) is 0 Å². The van der Waals surface area contributed by atoms with E-state index in [4.69, 9.17) is 0 Å². The average Bonchev–Trinajstić information content (AvgIpc) is 3.46. The molecule has 2 aliphatic rings. The van der Waals surface area contributed by atoms with Gasteiger partial charge in [-0.05, 0) is 104 Å². The van der Waals surface area contributed by atoms with Gasteiger partial charge < -0.3 is 4.90 Å². The Morgan fingerprint density at radius 3 is 2.06 bits per heavy atom. The Labute approximate surface area is 287 Å². The topological polar surface area (TPSA) is 6.25 Å². The van der Waals surface area contributed by atoms with Gasteiger partial charge in [0.15, 0.2) is 5.71 Å². The molecule has 0 N–H and O–H groups in total. The van der Waals surface area contributed by atoms with Crippen LogP contribution in [-0.2, 0) is 23.7 Å². The summed E-state index contributed by atoms with van der Waals surface area (Å²) in [5, 5.41) is 2.61. The van der Waals surface area contributed by atoms with E-state index in [1.54, 1.807) is 0 Å². The summed E-state index contributed by atoms with van der Waals surface area (Å²) in [6, 6.07) is 40.4. The fraction of sp³-hybridized carbons (Fsp3) is 0.239. The molecule has 5 aromatic carbocycles. The molecule has 0 bridgehead atoms. The Balaban J connectivity index is 1.41. The van der Waals surface area contributed by atoms with Crippen molar-refractivity contribution in [1.82, 2.24) is 0 Å². The molecule has 7 rings (SSSR count). The van der Waals surface area contributed by atoms with Crippen molar-refractivity contribution in [2.24, 2.45) is 0 Å². The van der Waals surface area contributed by atoms with Crippen molar-refractivity contribution >= 4 is 27.9 Å². The van der Waals surface area contributed by atoms with Crippen LogP contribution in [0, 0.1) is 13.8 Å². The highest BCUT2D eigenvalue weighted by molar-refractivity contribution is 6.04. The molecule has 2 aliphatic heterocycles. The Hall–Kier alpha value is -4.95. The van der Waals surface area contributed by atoms with Gasteiger partial charge in [-0.15, -0.1) is 6.58 Å². The Bertz CT molecular complexity index is 2060. The van der Waals surface area contributed by atoms with Crippen molar-refractivity contribution in [3.63, 3.8) is 0 Å². The summed E-state index contributed by atoms with van der Waals surface area (Å²) in [6.07, 6.45) is 11.9. The van der Waals surface area contributed by atoms with Gasteiger partial charge in [0, 0.05) is 41.6 Å². The molecule has 0 saturated carbocycles. The average molecular weight is 628 g/mol. The zero-order valence-corrected chi connectivity index (χ0v) is 29.1. The van der Waals surface area contributed by atoms with E-state index in [-0.39, 0.29) is 10.8 Å². The van der Waals surface area contributed by atoms with E-state index < -0.39 is 0 Å². The summed E-state index contributed by atoms with van der Waals surface area (Å²) in [5.74, 6) is 0. The van der Waals surface area contributed by atoms with Crippen molar-refractivity contribution in [1.29, 1.82) is 0 Å². The second-order valence-corrected chi connectivity index (χ2v) is 14.0. The van der Waals surface area contributed by atoms with Crippen LogP contribution in [0.4, 0.5) is 11.4 Å². The van der Waals surface area contributed by atoms with Crippen molar-refractivity contribution in [2.75, 3.05) is 18.5 Å². The highest BCUT2D eigenvalue weighted by Gasteiger charge is 2.51. The predicted octanol–water partition coefficient (Wildman–Crippen LogP) is 10.7. The van der Waals surface area contributed by atoms with Gasteiger partial charge in [-0.25, -0.2) is 0 Å². The van der Waals surface area contributed by atoms with Gasteiger partial charge in [-0.3, -0.25) is 0 Å². The van der Waals surface area contributed by atoms with Crippen LogP contribution >= 0.6 is 0 Å². The normalized spacial score (nSPS) is 19.0. The van der Waals surface area contributed by atoms with Gasteiger partial charge in [0.2, 0.25) is 5.69 Å². The third-order valence-electron chi connectivity index (χ3n) is 11.0. The Morgan fingerprint density at radius 1 is 0.792 bits per heavy atom. The minimum Gasteiger partial charge on any atom is -0.347 e. The van der Waals surface area contributed by atoms with Crippen molar-refractivity contribution < 1.29 is 4.58 Å². The van der Waals surface area contributed by atoms with Crippen LogP contribution in [-0.4, -0.2) is 23.9 Å². The molecule has 0 spiro atoms. The third-order valence-corrected chi connectivity index (χ3v) is 11.0. The lowest BCUT2D eigenvalue weighted by molar-refractivity contribution is -0.433. The van der Waals surface area contributed by atoms with Crippen LogP contribution in [0.1, 0.15) is 53.6 Å². The first kappa shape index (κ1) is 31.6. The van der Waals surface area contributed by atoms with Crippen molar-refractivity contribution in [2.45, 2.75) is 57.8 Å². The van der Waals surface area contributed by atoms with Gasteiger partial charge in [0.25, 0.3) is 0 Å². The van der Waals surface area contributed by atoms with E-state index in [1.165, 1.54) is 66.9 Å². The summed E-state index contributed by atoms with van der Waals surface area (Å²) in [7, 11) is 2.22. The van der Waals surface area contributed by atoms with Crippen LogP contribution in [0.25, 0.3) is 10.8 Å². The number of anilines is 1. The summed E-state index contributed by atoms with van der Waals surface area (Å²) in [4.78, 5) is 2.40. The van der Waals surface area contributed by atoms with Gasteiger partial charge in [-0.1, -0.05) is 103 Å². The molecule has 2 heteroatoms. The summed E-state index contributed by atoms with van der Waals surface area (Å²) in [6.45, 7) is 14.3. The van der Waals surface area contributed by atoms with Crippen LogP contribution in [0.3, 0.4) is 0 Å². The highest BCUT2D eigenvalue weighted by Crippen LogP contribution is 2.52. The van der Waals surface area contributed by atoms with E-state index in [0.29, 0.717) is 0 Å². The molecule has 0 aromatic heterocycles. The molecule has 2 nitrogen and oxygen atoms in total. The van der Waals surface area contributed by atoms with Gasteiger partial charge >= 0.3 is 0 Å². The molecule has 0 aliphatic carbocycles. The molecule has 0 saturated heterocycles. The molecule has 0 radical (unpaired) electrons. The Morgan fingerprint density at radius 2 is 1.42 bits per heavy atom. The van der Waals surface area contributed by atoms with Gasteiger partial charge in [-0.2, -0.15) is 4.58 Å². The van der Waals surface area contributed by atoms with E-state index in [2.05, 4.69) is 184 Å².